The van der Waals surface area contributed by atoms with Gasteiger partial charge in [0.15, 0.2) is 0 Å². The summed E-state index contributed by atoms with van der Waals surface area (Å²) in [5, 5.41) is 3.10. The van der Waals surface area contributed by atoms with Gasteiger partial charge in [-0.3, -0.25) is 0 Å². The first-order chi connectivity index (χ1) is 7.26. The molecule has 0 saturated carbocycles. The van der Waals surface area contributed by atoms with Gasteiger partial charge < -0.3 is 16.0 Å². The molecule has 1 rings (SSSR count). The molecule has 0 aliphatic rings. The monoisotopic (exact) mass is 210 g/mol. The van der Waals surface area contributed by atoms with Gasteiger partial charge in [-0.2, -0.15) is 4.98 Å². The van der Waals surface area contributed by atoms with E-state index in [1.54, 1.807) is 0 Å². The molecule has 84 valence electrons. The largest absolute Gasteiger partial charge is 0.368 e. The van der Waals surface area contributed by atoms with Crippen LogP contribution in [0.2, 0.25) is 0 Å². The zero-order chi connectivity index (χ0) is 11.1. The molecule has 6 heteroatoms. The number of hydrogen-bond acceptors (Lipinski definition) is 6. The molecule has 0 bridgehead atoms. The highest BCUT2D eigenvalue weighted by atomic mass is 15.2. The topological polar surface area (TPSA) is 80.0 Å². The fraction of sp³-hybridized carbons (Fsp3) is 0.667. The molecule has 15 heavy (non-hydrogen) atoms. The predicted octanol–water partition coefficient (Wildman–Crippen LogP) is 0.207. The average molecular weight is 210 g/mol. The van der Waals surface area contributed by atoms with Gasteiger partial charge in [0.25, 0.3) is 0 Å². The maximum absolute atomic E-state index is 5.43. The molecule has 1 heterocycles. The summed E-state index contributed by atoms with van der Waals surface area (Å²) < 4.78 is 0. The van der Waals surface area contributed by atoms with Crippen LogP contribution in [0.25, 0.3) is 0 Å². The molecule has 0 aliphatic heterocycles. The molecular formula is C9H18N6. The molecule has 0 unspecified atom stereocenters. The lowest BCUT2D eigenvalue weighted by atomic mass is 10.4. The molecule has 0 radical (unpaired) electrons. The second-order valence-corrected chi connectivity index (χ2v) is 3.12. The zero-order valence-electron chi connectivity index (χ0n) is 9.27. The van der Waals surface area contributed by atoms with E-state index in [-0.39, 0.29) is 5.95 Å². The van der Waals surface area contributed by atoms with Gasteiger partial charge in [0.2, 0.25) is 11.9 Å². The van der Waals surface area contributed by atoms with Gasteiger partial charge in [0, 0.05) is 13.1 Å². The lowest BCUT2D eigenvalue weighted by Gasteiger charge is -2.17. The number of nitrogens with one attached hydrogen (secondary N) is 1. The third kappa shape index (κ3) is 4.07. The van der Waals surface area contributed by atoms with Crippen LogP contribution in [0.5, 0.6) is 0 Å². The van der Waals surface area contributed by atoms with Gasteiger partial charge in [-0.05, 0) is 13.1 Å². The Bertz CT molecular complexity index is 286. The van der Waals surface area contributed by atoms with E-state index in [9.17, 15) is 0 Å². The quantitative estimate of drug-likeness (QED) is 0.698. The van der Waals surface area contributed by atoms with Crippen molar-refractivity contribution in [1.29, 1.82) is 0 Å². The van der Waals surface area contributed by atoms with E-state index in [2.05, 4.69) is 39.0 Å². The fourth-order valence-electron chi connectivity index (χ4n) is 1.26. The number of likely N-dealkylation sites (N-methyl/N-ethyl adjacent to an activating group) is 1. The molecule has 6 nitrogen and oxygen atoms in total. The van der Waals surface area contributed by atoms with E-state index in [0.29, 0.717) is 5.95 Å². The van der Waals surface area contributed by atoms with Crippen LogP contribution >= 0.6 is 0 Å². The van der Waals surface area contributed by atoms with Crippen molar-refractivity contribution in [3.05, 3.63) is 6.33 Å². The molecule has 0 saturated heterocycles. The standard InChI is InChI=1S/C9H18N6/c1-3-15(4-2)6-5-11-9-13-7-12-8(10)14-9/h7H,3-6H2,1-2H3,(H3,10,11,12,13,14). The first-order valence-corrected chi connectivity index (χ1v) is 5.17. The van der Waals surface area contributed by atoms with Crippen LogP contribution in [0.15, 0.2) is 6.33 Å². The van der Waals surface area contributed by atoms with Gasteiger partial charge in [0.1, 0.15) is 6.33 Å². The SMILES string of the molecule is CCN(CC)CCNc1ncnc(N)n1. The highest BCUT2D eigenvalue weighted by molar-refractivity contribution is 5.28. The third-order valence-corrected chi connectivity index (χ3v) is 2.20. The molecule has 0 aromatic carbocycles. The van der Waals surface area contributed by atoms with Crippen molar-refractivity contribution >= 4 is 11.9 Å². The molecule has 3 N–H and O–H groups in total. The summed E-state index contributed by atoms with van der Waals surface area (Å²) in [4.78, 5) is 13.9. The smallest absolute Gasteiger partial charge is 0.227 e. The number of aromatic nitrogens is 3. The van der Waals surface area contributed by atoms with Crippen molar-refractivity contribution in [1.82, 2.24) is 19.9 Å². The van der Waals surface area contributed by atoms with Gasteiger partial charge in [-0.1, -0.05) is 13.8 Å². The average Bonchev–Trinajstić information content (AvgIpc) is 2.25. The zero-order valence-corrected chi connectivity index (χ0v) is 9.27. The Hall–Kier alpha value is -1.43. The minimum absolute atomic E-state index is 0.246. The Kier molecular flexibility index (Phi) is 4.76. The van der Waals surface area contributed by atoms with Crippen molar-refractivity contribution in [2.24, 2.45) is 0 Å². The summed E-state index contributed by atoms with van der Waals surface area (Å²) in [6.45, 7) is 8.17. The molecule has 0 amide bonds. The number of nitrogens with two attached hydrogens (primary N) is 1. The number of nitrogen functional groups attached to an aromatic ring is 1. The predicted molar refractivity (Wildman–Crippen MR) is 60.5 cm³/mol. The molecule has 0 atom stereocenters. The van der Waals surface area contributed by atoms with Crippen LogP contribution in [0.3, 0.4) is 0 Å². The van der Waals surface area contributed by atoms with Gasteiger partial charge in [0.05, 0.1) is 0 Å². The van der Waals surface area contributed by atoms with E-state index < -0.39 is 0 Å². The fourth-order valence-corrected chi connectivity index (χ4v) is 1.26. The van der Waals surface area contributed by atoms with Crippen molar-refractivity contribution < 1.29 is 0 Å². The van der Waals surface area contributed by atoms with Crippen LogP contribution in [0, 0.1) is 0 Å². The number of anilines is 2. The molecule has 0 spiro atoms. The Morgan fingerprint density at radius 1 is 1.33 bits per heavy atom. The summed E-state index contributed by atoms with van der Waals surface area (Å²) in [6.07, 6.45) is 1.40. The van der Waals surface area contributed by atoms with E-state index in [0.717, 1.165) is 26.2 Å². The van der Waals surface area contributed by atoms with Crippen molar-refractivity contribution in [3.63, 3.8) is 0 Å². The van der Waals surface area contributed by atoms with Crippen molar-refractivity contribution in [2.75, 3.05) is 37.2 Å². The van der Waals surface area contributed by atoms with Gasteiger partial charge in [-0.25, -0.2) is 9.97 Å². The summed E-state index contributed by atoms with van der Waals surface area (Å²) in [7, 11) is 0. The van der Waals surface area contributed by atoms with Gasteiger partial charge in [-0.15, -0.1) is 0 Å². The Labute approximate surface area is 89.9 Å². The lowest BCUT2D eigenvalue weighted by molar-refractivity contribution is 0.316. The maximum atomic E-state index is 5.43. The third-order valence-electron chi connectivity index (χ3n) is 2.20. The van der Waals surface area contributed by atoms with E-state index in [1.807, 2.05) is 0 Å². The number of nitrogens with zero attached hydrogens (tertiary/aromatic N) is 4. The Balaban J connectivity index is 2.31. The van der Waals surface area contributed by atoms with E-state index in [4.69, 9.17) is 5.73 Å². The van der Waals surface area contributed by atoms with E-state index in [1.165, 1.54) is 6.33 Å². The summed E-state index contributed by atoms with van der Waals surface area (Å²) in [6, 6.07) is 0. The second kappa shape index (κ2) is 6.13. The molecule has 0 fully saturated rings. The maximum Gasteiger partial charge on any atom is 0.227 e. The first-order valence-electron chi connectivity index (χ1n) is 5.17. The Morgan fingerprint density at radius 3 is 2.67 bits per heavy atom. The Morgan fingerprint density at radius 2 is 2.07 bits per heavy atom. The van der Waals surface area contributed by atoms with Gasteiger partial charge >= 0.3 is 0 Å². The van der Waals surface area contributed by atoms with Crippen molar-refractivity contribution in [3.8, 4) is 0 Å². The van der Waals surface area contributed by atoms with Crippen LogP contribution in [0.4, 0.5) is 11.9 Å². The minimum Gasteiger partial charge on any atom is -0.368 e. The van der Waals surface area contributed by atoms with Crippen molar-refractivity contribution in [2.45, 2.75) is 13.8 Å². The molecule has 1 aromatic heterocycles. The minimum atomic E-state index is 0.246. The summed E-state index contributed by atoms with van der Waals surface area (Å²) in [5.74, 6) is 0.782. The highest BCUT2D eigenvalue weighted by Gasteiger charge is 1.99. The van der Waals surface area contributed by atoms with Crippen LogP contribution in [-0.4, -0.2) is 46.0 Å². The first kappa shape index (κ1) is 11.6. The number of rotatable bonds is 6. The summed E-state index contributed by atoms with van der Waals surface area (Å²) >= 11 is 0. The number of hydrogen-bond donors (Lipinski definition) is 2. The van der Waals surface area contributed by atoms with Crippen LogP contribution in [-0.2, 0) is 0 Å². The van der Waals surface area contributed by atoms with Crippen LogP contribution in [0.1, 0.15) is 13.8 Å². The highest BCUT2D eigenvalue weighted by Crippen LogP contribution is 1.97. The second-order valence-electron chi connectivity index (χ2n) is 3.12. The van der Waals surface area contributed by atoms with Crippen LogP contribution < -0.4 is 11.1 Å². The lowest BCUT2D eigenvalue weighted by Crippen LogP contribution is -2.29. The van der Waals surface area contributed by atoms with E-state index >= 15 is 0 Å². The summed E-state index contributed by atoms with van der Waals surface area (Å²) in [5.41, 5.74) is 5.43. The normalized spacial score (nSPS) is 10.6. The molecule has 0 aliphatic carbocycles. The molecule has 1 aromatic rings. The molecular weight excluding hydrogens is 192 g/mol.